The van der Waals surface area contributed by atoms with Crippen LogP contribution in [-0.4, -0.2) is 6.71 Å². The van der Waals surface area contributed by atoms with Gasteiger partial charge in [0.25, 0.3) is 6.71 Å². The minimum Gasteiger partial charge on any atom is -0.311 e. The summed E-state index contributed by atoms with van der Waals surface area (Å²) >= 11 is 1.90. The van der Waals surface area contributed by atoms with E-state index in [1.54, 1.807) is 0 Å². The Kier molecular flexibility index (Phi) is 10.8. The Labute approximate surface area is 399 Å². The lowest BCUT2D eigenvalue weighted by molar-refractivity contribution is 0.506. The Morgan fingerprint density at radius 1 is 0.409 bits per heavy atom. The van der Waals surface area contributed by atoms with Crippen LogP contribution in [0.25, 0.3) is 31.3 Å². The van der Waals surface area contributed by atoms with Crippen molar-refractivity contribution in [3.8, 4) is 11.1 Å². The highest BCUT2D eigenvalue weighted by molar-refractivity contribution is 7.25. The van der Waals surface area contributed by atoms with E-state index in [9.17, 15) is 0 Å². The van der Waals surface area contributed by atoms with E-state index in [0.717, 1.165) is 25.7 Å². The Balaban J connectivity index is 1.28. The zero-order chi connectivity index (χ0) is 46.5. The summed E-state index contributed by atoms with van der Waals surface area (Å²) in [5.41, 5.74) is 19.8. The van der Waals surface area contributed by atoms with Crippen LogP contribution in [-0.2, 0) is 21.7 Å². The summed E-state index contributed by atoms with van der Waals surface area (Å²) in [7, 11) is 0. The summed E-state index contributed by atoms with van der Waals surface area (Å²) in [4.78, 5) is 5.21. The summed E-state index contributed by atoms with van der Waals surface area (Å²) < 4.78 is 2.66. The standard InChI is InChI=1S/C62H67BN2S/c1-13-59(5,6)41-25-30-45(31-26-41)64-52-34-28-43(61(9,10)15-3)38-49(52)63-50-39-44(62(11,12)16-4)29-35-53(50)65(55-22-19-21-54(64)58(55)63)51-33-27-42(60(7,8)14-2)37-48(51)40-24-32-47-46-20-17-18-23-56(46)66-57(47)36-40/h17-39H,13-16H2,1-12H3. The van der Waals surface area contributed by atoms with Gasteiger partial charge in [-0.3, -0.25) is 0 Å². The predicted molar refractivity (Wildman–Crippen MR) is 292 cm³/mol. The van der Waals surface area contributed by atoms with Crippen LogP contribution in [0.2, 0.25) is 0 Å². The molecule has 334 valence electrons. The van der Waals surface area contributed by atoms with Gasteiger partial charge in [-0.1, -0.05) is 162 Å². The molecular formula is C62H67BN2S. The van der Waals surface area contributed by atoms with Crippen molar-refractivity contribution in [2.75, 3.05) is 9.80 Å². The molecule has 2 aliphatic rings. The molecule has 0 saturated heterocycles. The second kappa shape index (κ2) is 16.0. The summed E-state index contributed by atoms with van der Waals surface area (Å²) in [6, 6.07) is 54.9. The van der Waals surface area contributed by atoms with Crippen molar-refractivity contribution in [2.24, 2.45) is 0 Å². The largest absolute Gasteiger partial charge is 0.311 e. The Bertz CT molecular complexity index is 3160. The van der Waals surface area contributed by atoms with Crippen molar-refractivity contribution in [2.45, 2.75) is 130 Å². The molecule has 0 saturated carbocycles. The van der Waals surface area contributed by atoms with Crippen molar-refractivity contribution in [1.82, 2.24) is 0 Å². The number of thiophene rings is 1. The van der Waals surface area contributed by atoms with Gasteiger partial charge in [0.15, 0.2) is 0 Å². The van der Waals surface area contributed by atoms with E-state index in [0.29, 0.717) is 0 Å². The lowest BCUT2D eigenvalue weighted by atomic mass is 9.33. The number of hydrogen-bond donors (Lipinski definition) is 0. The van der Waals surface area contributed by atoms with Crippen molar-refractivity contribution in [3.05, 3.63) is 162 Å². The average Bonchev–Trinajstić information content (AvgIpc) is 3.71. The predicted octanol–water partition coefficient (Wildman–Crippen LogP) is 16.6. The molecule has 0 radical (unpaired) electrons. The zero-order valence-corrected chi connectivity index (χ0v) is 42.3. The van der Waals surface area contributed by atoms with E-state index >= 15 is 0 Å². The second-order valence-electron chi connectivity index (χ2n) is 21.9. The van der Waals surface area contributed by atoms with E-state index in [1.807, 2.05) is 11.3 Å². The van der Waals surface area contributed by atoms with Crippen molar-refractivity contribution < 1.29 is 0 Å². The number of hydrogen-bond acceptors (Lipinski definition) is 3. The maximum atomic E-state index is 2.64. The molecule has 0 aliphatic carbocycles. The number of anilines is 6. The van der Waals surface area contributed by atoms with Crippen LogP contribution in [0.1, 0.15) is 131 Å². The number of rotatable bonds is 11. The molecule has 8 aromatic rings. The molecule has 4 heteroatoms. The van der Waals surface area contributed by atoms with Gasteiger partial charge >= 0.3 is 0 Å². The first-order valence-electron chi connectivity index (χ1n) is 24.7. The number of benzene rings is 7. The molecule has 0 N–H and O–H groups in total. The van der Waals surface area contributed by atoms with Gasteiger partial charge in [-0.15, -0.1) is 11.3 Å². The second-order valence-corrected chi connectivity index (χ2v) is 23.0. The smallest absolute Gasteiger partial charge is 0.252 e. The minimum absolute atomic E-state index is 0.0153. The Morgan fingerprint density at radius 3 is 1.48 bits per heavy atom. The van der Waals surface area contributed by atoms with E-state index in [1.165, 1.54) is 104 Å². The van der Waals surface area contributed by atoms with Crippen molar-refractivity contribution in [3.63, 3.8) is 0 Å². The summed E-state index contributed by atoms with van der Waals surface area (Å²) in [5, 5.41) is 2.66. The van der Waals surface area contributed by atoms with Gasteiger partial charge in [-0.2, -0.15) is 0 Å². The highest BCUT2D eigenvalue weighted by Gasteiger charge is 2.44. The highest BCUT2D eigenvalue weighted by Crippen LogP contribution is 2.49. The van der Waals surface area contributed by atoms with Gasteiger partial charge in [0.2, 0.25) is 0 Å². The van der Waals surface area contributed by atoms with E-state index in [-0.39, 0.29) is 28.4 Å². The number of nitrogens with zero attached hydrogens (tertiary/aromatic N) is 2. The van der Waals surface area contributed by atoms with Gasteiger partial charge in [0, 0.05) is 54.2 Å². The minimum atomic E-state index is 0.0153. The molecule has 10 rings (SSSR count). The van der Waals surface area contributed by atoms with Crippen LogP contribution in [0.4, 0.5) is 34.1 Å². The van der Waals surface area contributed by atoms with Crippen LogP contribution in [0.15, 0.2) is 140 Å². The average molecular weight is 883 g/mol. The van der Waals surface area contributed by atoms with E-state index in [2.05, 4.69) is 232 Å². The third kappa shape index (κ3) is 7.04. The third-order valence-corrected chi connectivity index (χ3v) is 17.8. The molecule has 2 nitrogen and oxygen atoms in total. The monoisotopic (exact) mass is 883 g/mol. The fourth-order valence-corrected chi connectivity index (χ4v) is 11.6. The summed E-state index contributed by atoms with van der Waals surface area (Å²) in [6.45, 7) is 28.4. The van der Waals surface area contributed by atoms with Gasteiger partial charge in [-0.25, -0.2) is 0 Å². The molecule has 0 atom stereocenters. The van der Waals surface area contributed by atoms with Crippen LogP contribution in [0, 0.1) is 0 Å². The third-order valence-electron chi connectivity index (χ3n) is 16.7. The number of fused-ring (bicyclic) bond motifs is 7. The molecule has 3 heterocycles. The maximum Gasteiger partial charge on any atom is 0.252 e. The topological polar surface area (TPSA) is 6.48 Å². The van der Waals surface area contributed by atoms with E-state index in [4.69, 9.17) is 0 Å². The quantitative estimate of drug-likeness (QED) is 0.119. The molecule has 2 aliphatic heterocycles. The van der Waals surface area contributed by atoms with Crippen LogP contribution in [0.5, 0.6) is 0 Å². The SMILES string of the molecule is CCC(C)(C)c1ccc(N2c3ccc(C(C)(C)CC)cc3B3c4cc(C(C)(C)CC)ccc4N(c4ccc(C(C)(C)CC)cc4-c4ccc5c(c4)sc4ccccc45)c4cccc2c43)cc1. The van der Waals surface area contributed by atoms with Crippen LogP contribution >= 0.6 is 11.3 Å². The lowest BCUT2D eigenvalue weighted by Crippen LogP contribution is -2.61. The molecule has 0 bridgehead atoms. The Hall–Kier alpha value is -5.58. The van der Waals surface area contributed by atoms with Crippen LogP contribution in [0.3, 0.4) is 0 Å². The molecule has 0 fully saturated rings. The molecule has 66 heavy (non-hydrogen) atoms. The van der Waals surface area contributed by atoms with Crippen molar-refractivity contribution in [1.29, 1.82) is 0 Å². The maximum absolute atomic E-state index is 2.64. The fourth-order valence-electron chi connectivity index (χ4n) is 10.5. The summed E-state index contributed by atoms with van der Waals surface area (Å²) in [5.74, 6) is 0. The van der Waals surface area contributed by atoms with Gasteiger partial charge < -0.3 is 9.80 Å². The van der Waals surface area contributed by atoms with Gasteiger partial charge in [-0.05, 0) is 152 Å². The van der Waals surface area contributed by atoms with Gasteiger partial charge in [0.1, 0.15) is 0 Å². The molecule has 0 amide bonds. The molecule has 1 aromatic heterocycles. The molecule has 0 spiro atoms. The summed E-state index contributed by atoms with van der Waals surface area (Å²) in [6.07, 6.45) is 4.27. The van der Waals surface area contributed by atoms with Crippen molar-refractivity contribution >= 4 is 88.7 Å². The molecule has 7 aromatic carbocycles. The zero-order valence-electron chi connectivity index (χ0n) is 41.5. The highest BCUT2D eigenvalue weighted by atomic mass is 32.1. The van der Waals surface area contributed by atoms with E-state index < -0.39 is 0 Å². The first-order valence-corrected chi connectivity index (χ1v) is 25.5. The Morgan fingerprint density at radius 2 is 0.894 bits per heavy atom. The first-order chi connectivity index (χ1) is 31.5. The lowest BCUT2D eigenvalue weighted by Gasteiger charge is -2.45. The normalized spacial score (nSPS) is 13.9. The fraction of sp³-hybridized carbons (Fsp3) is 0.323. The first kappa shape index (κ1) is 44.3. The van der Waals surface area contributed by atoms with Crippen LogP contribution < -0.4 is 26.2 Å². The molecular weight excluding hydrogens is 816 g/mol. The molecule has 0 unspecified atom stereocenters. The van der Waals surface area contributed by atoms with Gasteiger partial charge in [0.05, 0.1) is 5.69 Å².